The second kappa shape index (κ2) is 16.6. The third kappa shape index (κ3) is 6.50. The van der Waals surface area contributed by atoms with Crippen LogP contribution in [-0.2, 0) is 11.8 Å². The van der Waals surface area contributed by atoms with Crippen LogP contribution >= 0.6 is 0 Å². The van der Waals surface area contributed by atoms with Crippen LogP contribution in [0.5, 0.6) is 0 Å². The van der Waals surface area contributed by atoms with E-state index in [1.807, 2.05) is 0 Å². The highest BCUT2D eigenvalue weighted by Gasteiger charge is 2.55. The average Bonchev–Trinajstić information content (AvgIpc) is 4.15. The molecule has 0 bridgehead atoms. The molecule has 7 atom stereocenters. The lowest BCUT2D eigenvalue weighted by atomic mass is 9.53. The van der Waals surface area contributed by atoms with E-state index < -0.39 is 8.07 Å². The monoisotopic (exact) mass is 1010 g/mol. The highest BCUT2D eigenvalue weighted by molar-refractivity contribution is 6.97. The summed E-state index contributed by atoms with van der Waals surface area (Å²) < 4.78 is 0. The van der Waals surface area contributed by atoms with Crippen LogP contribution in [0.25, 0.3) is 49.9 Å². The van der Waals surface area contributed by atoms with Crippen LogP contribution in [0.1, 0.15) is 123 Å². The van der Waals surface area contributed by atoms with Crippen LogP contribution in [0.3, 0.4) is 0 Å². The largest absolute Gasteiger partial charge is 0.108 e. The van der Waals surface area contributed by atoms with Crippen LogP contribution in [0, 0.1) is 29.1 Å². The van der Waals surface area contributed by atoms with Gasteiger partial charge in [-0.05, 0) is 168 Å². The summed E-state index contributed by atoms with van der Waals surface area (Å²) >= 11 is 0. The van der Waals surface area contributed by atoms with Crippen molar-refractivity contribution in [3.8, 4) is 22.3 Å². The molecule has 1 heterocycles. The Balaban J connectivity index is 0.929. The van der Waals surface area contributed by atoms with Gasteiger partial charge < -0.3 is 0 Å². The van der Waals surface area contributed by atoms with Gasteiger partial charge in [-0.15, -0.1) is 0 Å². The van der Waals surface area contributed by atoms with Gasteiger partial charge in [0.1, 0.15) is 8.07 Å². The van der Waals surface area contributed by atoms with Crippen LogP contribution in [0.4, 0.5) is 0 Å². The van der Waals surface area contributed by atoms with Crippen molar-refractivity contribution in [1.82, 2.24) is 0 Å². The summed E-state index contributed by atoms with van der Waals surface area (Å²) in [7, 11) is -1.95. The van der Waals surface area contributed by atoms with Crippen molar-refractivity contribution < 1.29 is 0 Å². The Morgan fingerprint density at radius 1 is 0.597 bits per heavy atom. The molecule has 0 spiro atoms. The minimum absolute atomic E-state index is 0.0270. The number of rotatable bonds is 4. The fourth-order valence-electron chi connectivity index (χ4n) is 18.1. The van der Waals surface area contributed by atoms with Crippen molar-refractivity contribution in [3.05, 3.63) is 260 Å². The molecular weight excluding hydrogens is 941 g/mol. The highest BCUT2D eigenvalue weighted by atomic mass is 28.3. The van der Waals surface area contributed by atoms with Crippen LogP contribution < -0.4 is 5.19 Å². The molecule has 1 fully saturated rings. The maximum Gasteiger partial charge on any atom is 0.108 e. The predicted molar refractivity (Wildman–Crippen MR) is 327 cm³/mol. The molecule has 0 nitrogen and oxygen atoms in total. The maximum absolute atomic E-state index is 2.98. The molecule has 0 aromatic heterocycles. The van der Waals surface area contributed by atoms with Crippen molar-refractivity contribution in [2.45, 2.75) is 109 Å². The summed E-state index contributed by atoms with van der Waals surface area (Å²) in [5.41, 5.74) is 26.0. The Kier molecular flexibility index (Phi) is 9.99. The van der Waals surface area contributed by atoms with Crippen molar-refractivity contribution in [1.29, 1.82) is 0 Å². The first-order chi connectivity index (χ1) is 37.5. The van der Waals surface area contributed by atoms with E-state index in [-0.39, 0.29) is 28.6 Å². The lowest BCUT2D eigenvalue weighted by molar-refractivity contribution is 0.237. The molecule has 0 N–H and O–H groups in total. The van der Waals surface area contributed by atoms with E-state index >= 15 is 0 Å². The minimum atomic E-state index is -1.95. The van der Waals surface area contributed by atoms with Crippen molar-refractivity contribution >= 4 is 40.9 Å². The fraction of sp³-hybridized carbons (Fsp3) is 0.289. The summed E-state index contributed by atoms with van der Waals surface area (Å²) in [5.74, 6) is 2.64. The zero-order valence-electron chi connectivity index (χ0n) is 45.9. The zero-order chi connectivity index (χ0) is 51.7. The number of benzene rings is 7. The second-order valence-corrected chi connectivity index (χ2v) is 30.6. The Hall–Kier alpha value is -6.80. The van der Waals surface area contributed by atoms with Gasteiger partial charge in [-0.3, -0.25) is 0 Å². The van der Waals surface area contributed by atoms with Crippen LogP contribution in [0.15, 0.2) is 221 Å². The molecule has 1 aliphatic heterocycles. The highest BCUT2D eigenvalue weighted by Crippen LogP contribution is 2.65. The van der Waals surface area contributed by atoms with Crippen molar-refractivity contribution in [2.24, 2.45) is 29.1 Å². The van der Waals surface area contributed by atoms with Crippen LogP contribution in [0.2, 0.25) is 13.1 Å². The van der Waals surface area contributed by atoms with E-state index in [1.165, 1.54) is 96.4 Å². The van der Waals surface area contributed by atoms with Gasteiger partial charge in [0.2, 0.25) is 0 Å². The van der Waals surface area contributed by atoms with Crippen LogP contribution in [-0.4, -0.2) is 8.07 Å². The van der Waals surface area contributed by atoms with Crippen molar-refractivity contribution in [3.63, 3.8) is 0 Å². The SMILES string of the molecule is CC1(C)C2=CC(C3C4=CC(c5c6c(c(-c7ccc8ccccc8c7)c7ccccc57)CCC=C6)CC=C4C(c4ccc5c(c4)C(C)(C)c4ccccc4-5)C4CC5C(=CC34)[Si](C)(C)c3ccccc35)=CCC2C2=C1C=CCC2. The summed E-state index contributed by atoms with van der Waals surface area (Å²) in [6.07, 6.45) is 32.1. The van der Waals surface area contributed by atoms with Gasteiger partial charge >= 0.3 is 0 Å². The second-order valence-electron chi connectivity index (χ2n) is 26.2. The van der Waals surface area contributed by atoms with Crippen molar-refractivity contribution in [2.75, 3.05) is 0 Å². The van der Waals surface area contributed by atoms with Gasteiger partial charge in [0.25, 0.3) is 0 Å². The molecule has 8 aliphatic carbocycles. The minimum Gasteiger partial charge on any atom is -0.0839 e. The summed E-state index contributed by atoms with van der Waals surface area (Å²) in [6, 6.07) is 52.3. The molecule has 1 saturated carbocycles. The number of fused-ring (bicyclic) bond motifs is 13. The van der Waals surface area contributed by atoms with Gasteiger partial charge in [-0.1, -0.05) is 244 Å². The average molecular weight is 1010 g/mol. The third-order valence-corrected chi connectivity index (χ3v) is 25.3. The number of allylic oxidation sites excluding steroid dienone is 15. The molecule has 77 heavy (non-hydrogen) atoms. The van der Waals surface area contributed by atoms with E-state index in [4.69, 9.17) is 0 Å². The van der Waals surface area contributed by atoms with Gasteiger partial charge in [0.15, 0.2) is 0 Å². The Labute approximate surface area is 458 Å². The molecule has 1 heteroatoms. The molecule has 378 valence electrons. The van der Waals surface area contributed by atoms with E-state index in [1.54, 1.807) is 49.4 Å². The van der Waals surface area contributed by atoms with Gasteiger partial charge in [-0.25, -0.2) is 0 Å². The lowest BCUT2D eigenvalue weighted by Gasteiger charge is -2.52. The van der Waals surface area contributed by atoms with Gasteiger partial charge in [-0.2, -0.15) is 0 Å². The normalized spacial score (nSPS) is 27.1. The third-order valence-electron chi connectivity index (χ3n) is 21.6. The first kappa shape index (κ1) is 46.3. The number of hydrogen-bond acceptors (Lipinski definition) is 0. The predicted octanol–water partition coefficient (Wildman–Crippen LogP) is 19.1. The van der Waals surface area contributed by atoms with Gasteiger partial charge in [0, 0.05) is 40.4 Å². The van der Waals surface area contributed by atoms with E-state index in [0.29, 0.717) is 23.7 Å². The fourth-order valence-corrected chi connectivity index (χ4v) is 21.6. The standard InChI is InChI=1S/C76H70Si/c1-75(2)65-28-16-13-21-51(65)53-36-33-49(41-67(53)75)73-60-38-35-48(72-58-26-11-9-24-56(58)71(57-25-10-12-27-59(57)72)47-32-31-45-19-7-8-20-46(45)39-47)40-62(60)74(50-34-37-54-52-22-14-17-29-66(52)76(3,4)68(54)42-50)64-44-70-61(43-63(64)73)55-23-15-18-30-69(55)77(70,5)6/h7-9,11-13,15-21,23-24,26-34,36,38-42,44,48,54,61,63-64,73-74H,10,14,22,25,35,37,43H2,1-6H3. The van der Waals surface area contributed by atoms with E-state index in [9.17, 15) is 0 Å². The molecule has 16 rings (SSSR count). The molecule has 9 aliphatic rings. The van der Waals surface area contributed by atoms with E-state index in [2.05, 4.69) is 229 Å². The molecule has 7 aromatic rings. The molecular formula is C76H70Si. The zero-order valence-corrected chi connectivity index (χ0v) is 46.9. The summed E-state index contributed by atoms with van der Waals surface area (Å²) in [4.78, 5) is 0. The Bertz CT molecular complexity index is 4030. The topological polar surface area (TPSA) is 0 Å². The Morgan fingerprint density at radius 3 is 2.26 bits per heavy atom. The molecule has 0 amide bonds. The van der Waals surface area contributed by atoms with E-state index in [0.717, 1.165) is 25.7 Å². The Morgan fingerprint density at radius 2 is 1.36 bits per heavy atom. The molecule has 0 saturated heterocycles. The molecule has 7 unspecified atom stereocenters. The summed E-state index contributed by atoms with van der Waals surface area (Å²) in [6.45, 7) is 15.4. The smallest absolute Gasteiger partial charge is 0.0839 e. The quantitative estimate of drug-likeness (QED) is 0.154. The maximum atomic E-state index is 2.98. The lowest BCUT2D eigenvalue weighted by Crippen LogP contribution is -2.44. The summed E-state index contributed by atoms with van der Waals surface area (Å²) in [5, 5.41) is 8.90. The van der Waals surface area contributed by atoms with Gasteiger partial charge in [0.05, 0.1) is 0 Å². The first-order valence-corrected chi connectivity index (χ1v) is 32.5. The molecule has 7 aromatic carbocycles. The number of hydrogen-bond donors (Lipinski definition) is 0. The first-order valence-electron chi connectivity index (χ1n) is 29.5. The molecule has 0 radical (unpaired) electrons.